The maximum atomic E-state index is 12.7. The Kier molecular flexibility index (Phi) is 8.20. The Morgan fingerprint density at radius 2 is 1.88 bits per heavy atom. The van der Waals surface area contributed by atoms with E-state index in [4.69, 9.17) is 9.16 Å². The summed E-state index contributed by atoms with van der Waals surface area (Å²) in [6.45, 7) is 18.0. The highest BCUT2D eigenvalue weighted by Crippen LogP contribution is 2.47. The standard InChI is InChI=1S/C28H44N2O3Si/c1-27(2,3)33-26(31)30-23-16-17-25(30)24(19-23)21-14-15-22(29-20-21)13-11-9-10-12-18-32-34(7,8)28(4,5)6/h14-15,20,23-25H,9-10,12,16-19H2,1-8H3. The third kappa shape index (κ3) is 6.64. The normalized spacial score (nSPS) is 22.5. The Morgan fingerprint density at radius 3 is 2.50 bits per heavy atom. The molecule has 3 atom stereocenters. The van der Waals surface area contributed by atoms with Gasteiger partial charge in [0.2, 0.25) is 0 Å². The molecule has 5 nitrogen and oxygen atoms in total. The number of carbonyl (C=O) groups excluding carboxylic acids is 1. The van der Waals surface area contributed by atoms with Gasteiger partial charge in [0.25, 0.3) is 0 Å². The third-order valence-corrected chi connectivity index (χ3v) is 12.1. The summed E-state index contributed by atoms with van der Waals surface area (Å²) in [6.07, 6.45) is 7.84. The second kappa shape index (κ2) is 10.4. The summed E-state index contributed by atoms with van der Waals surface area (Å²) in [5.41, 5.74) is 1.55. The maximum Gasteiger partial charge on any atom is 0.410 e. The molecule has 0 aromatic carbocycles. The molecule has 2 aliphatic rings. The van der Waals surface area contributed by atoms with Gasteiger partial charge in [-0.25, -0.2) is 9.78 Å². The van der Waals surface area contributed by atoms with Crippen LogP contribution in [0.5, 0.6) is 0 Å². The zero-order valence-corrected chi connectivity index (χ0v) is 23.5. The molecule has 0 N–H and O–H groups in total. The molecule has 0 saturated carbocycles. The van der Waals surface area contributed by atoms with E-state index in [9.17, 15) is 4.79 Å². The average molecular weight is 485 g/mol. The molecule has 0 aliphatic carbocycles. The Labute approximate surface area is 208 Å². The Bertz CT molecular complexity index is 903. The van der Waals surface area contributed by atoms with Crippen molar-refractivity contribution >= 4 is 14.4 Å². The molecular formula is C28H44N2O3Si. The van der Waals surface area contributed by atoms with Crippen molar-refractivity contribution in [1.29, 1.82) is 0 Å². The minimum Gasteiger partial charge on any atom is -0.444 e. The molecular weight excluding hydrogens is 440 g/mol. The summed E-state index contributed by atoms with van der Waals surface area (Å²) in [6, 6.07) is 4.66. The van der Waals surface area contributed by atoms with Gasteiger partial charge in [0, 0.05) is 37.2 Å². The fourth-order valence-corrected chi connectivity index (χ4v) is 5.74. The Balaban J connectivity index is 1.47. The molecule has 34 heavy (non-hydrogen) atoms. The molecule has 1 aromatic heterocycles. The number of amides is 1. The van der Waals surface area contributed by atoms with Crippen LogP contribution in [-0.4, -0.2) is 48.6 Å². The van der Waals surface area contributed by atoms with Crippen LogP contribution < -0.4 is 0 Å². The Morgan fingerprint density at radius 1 is 1.15 bits per heavy atom. The number of unbranched alkanes of at least 4 members (excludes halogenated alkanes) is 2. The summed E-state index contributed by atoms with van der Waals surface area (Å²) in [5, 5.41) is 0.261. The molecule has 2 fully saturated rings. The number of hydrogen-bond donors (Lipinski definition) is 0. The second-order valence-electron chi connectivity index (χ2n) is 12.4. The first-order valence-corrected chi connectivity index (χ1v) is 15.8. The summed E-state index contributed by atoms with van der Waals surface area (Å²) in [5.74, 6) is 6.80. The first-order valence-electron chi connectivity index (χ1n) is 12.9. The highest BCUT2D eigenvalue weighted by molar-refractivity contribution is 6.74. The summed E-state index contributed by atoms with van der Waals surface area (Å²) >= 11 is 0. The summed E-state index contributed by atoms with van der Waals surface area (Å²) in [4.78, 5) is 19.3. The van der Waals surface area contributed by atoms with Crippen molar-refractivity contribution in [2.45, 2.75) is 122 Å². The second-order valence-corrected chi connectivity index (χ2v) is 17.2. The van der Waals surface area contributed by atoms with E-state index in [2.05, 4.69) is 56.8 Å². The van der Waals surface area contributed by atoms with Gasteiger partial charge >= 0.3 is 6.09 Å². The number of rotatable bonds is 6. The highest BCUT2D eigenvalue weighted by atomic mass is 28.4. The van der Waals surface area contributed by atoms with Crippen molar-refractivity contribution in [1.82, 2.24) is 9.88 Å². The summed E-state index contributed by atoms with van der Waals surface area (Å²) < 4.78 is 11.9. The van der Waals surface area contributed by atoms with Crippen LogP contribution in [0.3, 0.4) is 0 Å². The molecule has 3 rings (SSSR count). The average Bonchev–Trinajstić information content (AvgIpc) is 3.30. The smallest absolute Gasteiger partial charge is 0.410 e. The van der Waals surface area contributed by atoms with E-state index in [0.29, 0.717) is 5.92 Å². The lowest BCUT2D eigenvalue weighted by molar-refractivity contribution is 0.0213. The number of hydrogen-bond acceptors (Lipinski definition) is 4. The molecule has 3 unspecified atom stereocenters. The lowest BCUT2D eigenvalue weighted by atomic mass is 9.84. The van der Waals surface area contributed by atoms with E-state index >= 15 is 0 Å². The van der Waals surface area contributed by atoms with Crippen LogP contribution in [0.1, 0.15) is 97.2 Å². The molecule has 2 aliphatic heterocycles. The number of nitrogens with zero attached hydrogens (tertiary/aromatic N) is 2. The van der Waals surface area contributed by atoms with E-state index in [0.717, 1.165) is 50.8 Å². The molecule has 0 radical (unpaired) electrons. The van der Waals surface area contributed by atoms with Crippen LogP contribution in [-0.2, 0) is 9.16 Å². The first kappa shape index (κ1) is 26.8. The molecule has 1 aromatic rings. The van der Waals surface area contributed by atoms with E-state index in [1.165, 1.54) is 5.56 Å². The largest absolute Gasteiger partial charge is 0.444 e. The van der Waals surface area contributed by atoms with E-state index < -0.39 is 13.9 Å². The monoisotopic (exact) mass is 484 g/mol. The molecule has 2 bridgehead atoms. The van der Waals surface area contributed by atoms with Gasteiger partial charge < -0.3 is 14.1 Å². The number of pyridine rings is 1. The number of carbonyl (C=O) groups is 1. The van der Waals surface area contributed by atoms with Crippen LogP contribution in [0.2, 0.25) is 18.1 Å². The van der Waals surface area contributed by atoms with Gasteiger partial charge in [-0.15, -0.1) is 0 Å². The Hall–Kier alpha value is -1.84. The van der Waals surface area contributed by atoms with Gasteiger partial charge in [0.05, 0.1) is 0 Å². The van der Waals surface area contributed by atoms with E-state index in [1.807, 2.05) is 37.9 Å². The van der Waals surface area contributed by atoms with Crippen molar-refractivity contribution in [3.8, 4) is 11.8 Å². The number of fused-ring (bicyclic) bond motifs is 2. The number of ether oxygens (including phenoxy) is 1. The van der Waals surface area contributed by atoms with Crippen LogP contribution in [0.25, 0.3) is 0 Å². The highest BCUT2D eigenvalue weighted by Gasteiger charge is 2.50. The molecule has 3 heterocycles. The van der Waals surface area contributed by atoms with Crippen LogP contribution >= 0.6 is 0 Å². The summed E-state index contributed by atoms with van der Waals surface area (Å²) in [7, 11) is -1.64. The van der Waals surface area contributed by atoms with Crippen LogP contribution in [0, 0.1) is 11.8 Å². The van der Waals surface area contributed by atoms with Gasteiger partial charge in [0.1, 0.15) is 11.3 Å². The fourth-order valence-electron chi connectivity index (χ4n) is 4.66. The molecule has 2 saturated heterocycles. The predicted molar refractivity (Wildman–Crippen MR) is 140 cm³/mol. The number of aromatic nitrogens is 1. The zero-order valence-electron chi connectivity index (χ0n) is 22.5. The van der Waals surface area contributed by atoms with Crippen molar-refractivity contribution < 1.29 is 14.0 Å². The van der Waals surface area contributed by atoms with Crippen molar-refractivity contribution in [2.24, 2.45) is 0 Å². The molecule has 0 spiro atoms. The minimum atomic E-state index is -1.64. The van der Waals surface area contributed by atoms with E-state index in [1.54, 1.807) is 0 Å². The minimum absolute atomic E-state index is 0.173. The van der Waals surface area contributed by atoms with Crippen LogP contribution in [0.4, 0.5) is 4.79 Å². The first-order chi connectivity index (χ1) is 15.8. The zero-order chi connectivity index (χ0) is 25.1. The van der Waals surface area contributed by atoms with Gasteiger partial charge in [-0.1, -0.05) is 32.8 Å². The molecule has 6 heteroatoms. The quantitative estimate of drug-likeness (QED) is 0.251. The lowest BCUT2D eigenvalue weighted by Gasteiger charge is -2.36. The molecule has 1 amide bonds. The SMILES string of the molecule is CC(C)(C)OC(=O)N1C2CCC1C(c1ccc(C#CCCCCO[Si](C)(C)C(C)(C)C)nc1)C2. The third-order valence-electron chi connectivity index (χ3n) is 7.54. The van der Waals surface area contributed by atoms with Gasteiger partial charge in [0.15, 0.2) is 8.32 Å². The van der Waals surface area contributed by atoms with E-state index in [-0.39, 0.29) is 23.2 Å². The van der Waals surface area contributed by atoms with Crippen molar-refractivity contribution in [3.63, 3.8) is 0 Å². The van der Waals surface area contributed by atoms with Crippen molar-refractivity contribution in [3.05, 3.63) is 29.6 Å². The van der Waals surface area contributed by atoms with Gasteiger partial charge in [-0.3, -0.25) is 0 Å². The maximum absolute atomic E-state index is 12.7. The van der Waals surface area contributed by atoms with Crippen LogP contribution in [0.15, 0.2) is 18.3 Å². The van der Waals surface area contributed by atoms with Crippen molar-refractivity contribution in [2.75, 3.05) is 6.61 Å². The topological polar surface area (TPSA) is 51.7 Å². The fraction of sp³-hybridized carbons (Fsp3) is 0.714. The molecule has 188 valence electrons. The van der Waals surface area contributed by atoms with Gasteiger partial charge in [-0.2, -0.15) is 0 Å². The lowest BCUT2D eigenvalue weighted by Crippen LogP contribution is -2.40. The van der Waals surface area contributed by atoms with Gasteiger partial charge in [-0.05, 0) is 88.6 Å². The predicted octanol–water partition coefficient (Wildman–Crippen LogP) is 6.88.